The fourth-order valence-corrected chi connectivity index (χ4v) is 2.84. The molecule has 1 aromatic heterocycles. The van der Waals surface area contributed by atoms with Crippen molar-refractivity contribution in [2.24, 2.45) is 0 Å². The Morgan fingerprint density at radius 1 is 1.21 bits per heavy atom. The predicted molar refractivity (Wildman–Crippen MR) is 99.2 cm³/mol. The minimum absolute atomic E-state index is 0.00673. The summed E-state index contributed by atoms with van der Waals surface area (Å²) in [5.41, 5.74) is -1.28. The Bertz CT molecular complexity index is 859. The van der Waals surface area contributed by atoms with Gasteiger partial charge in [-0.05, 0) is 18.2 Å². The molecule has 0 amide bonds. The topological polar surface area (TPSA) is 105 Å². The fraction of sp³-hybridized carbons (Fsp3) is 0.412. The number of nitro groups is 1. The smallest absolute Gasteiger partial charge is 0.379 e. The molecule has 2 aromatic rings. The Morgan fingerprint density at radius 2 is 1.93 bits per heavy atom. The van der Waals surface area contributed by atoms with Gasteiger partial charge in [0.15, 0.2) is 0 Å². The van der Waals surface area contributed by atoms with E-state index in [2.05, 4.69) is 25.5 Å². The van der Waals surface area contributed by atoms with Crippen molar-refractivity contribution in [2.45, 2.75) is 6.18 Å². The molecule has 0 spiro atoms. The number of morpholine rings is 1. The lowest BCUT2D eigenvalue weighted by Crippen LogP contribution is -2.39. The summed E-state index contributed by atoms with van der Waals surface area (Å²) in [6, 6.07) is 4.35. The van der Waals surface area contributed by atoms with Crippen molar-refractivity contribution >= 4 is 23.0 Å². The maximum Gasteiger partial charge on any atom is 0.416 e. The summed E-state index contributed by atoms with van der Waals surface area (Å²) < 4.78 is 43.9. The molecule has 1 aromatic carbocycles. The van der Waals surface area contributed by atoms with Gasteiger partial charge in [0.2, 0.25) is 11.6 Å². The monoisotopic (exact) mass is 412 g/mol. The maximum absolute atomic E-state index is 12.9. The van der Waals surface area contributed by atoms with E-state index in [-0.39, 0.29) is 17.3 Å². The van der Waals surface area contributed by atoms with Crippen molar-refractivity contribution in [3.8, 4) is 0 Å². The van der Waals surface area contributed by atoms with Crippen molar-refractivity contribution < 1.29 is 22.8 Å². The molecule has 29 heavy (non-hydrogen) atoms. The maximum atomic E-state index is 12.9. The molecule has 1 saturated heterocycles. The SMILES string of the molecule is O=[N+]([O-])c1c(NCCN2CCOCC2)ncnc1Nc1cccc(C(F)(F)F)c1. The summed E-state index contributed by atoms with van der Waals surface area (Å²) in [5.74, 6) is -0.203. The average molecular weight is 412 g/mol. The number of nitrogens with zero attached hydrogens (tertiary/aromatic N) is 4. The Morgan fingerprint density at radius 3 is 2.62 bits per heavy atom. The molecule has 1 fully saturated rings. The molecular weight excluding hydrogens is 393 g/mol. The first kappa shape index (κ1) is 20.7. The number of hydrogen-bond acceptors (Lipinski definition) is 8. The molecule has 2 heterocycles. The van der Waals surface area contributed by atoms with Gasteiger partial charge in [0, 0.05) is 31.9 Å². The molecule has 0 radical (unpaired) electrons. The van der Waals surface area contributed by atoms with Gasteiger partial charge in [-0.25, -0.2) is 9.97 Å². The quantitative estimate of drug-likeness (QED) is 0.528. The zero-order valence-electron chi connectivity index (χ0n) is 15.3. The van der Waals surface area contributed by atoms with Crippen LogP contribution in [0.4, 0.5) is 36.2 Å². The molecule has 1 aliphatic heterocycles. The summed E-state index contributed by atoms with van der Waals surface area (Å²) in [6.07, 6.45) is -3.42. The zero-order chi connectivity index (χ0) is 20.9. The summed E-state index contributed by atoms with van der Waals surface area (Å²) >= 11 is 0. The third-order valence-corrected chi connectivity index (χ3v) is 4.28. The molecule has 1 aliphatic rings. The van der Waals surface area contributed by atoms with Crippen molar-refractivity contribution in [1.82, 2.24) is 14.9 Å². The first-order valence-corrected chi connectivity index (χ1v) is 8.82. The Kier molecular flexibility index (Phi) is 6.44. The normalized spacial score (nSPS) is 15.1. The standard InChI is InChI=1S/C17H19F3N6O3/c18-17(19,20)12-2-1-3-13(10-12)24-16-14(26(27)28)15(22-11-23-16)21-4-5-25-6-8-29-9-7-25/h1-3,10-11H,4-9H2,(H2,21,22,23,24). The third kappa shape index (κ3) is 5.51. The van der Waals surface area contributed by atoms with Gasteiger partial charge in [-0.3, -0.25) is 15.0 Å². The highest BCUT2D eigenvalue weighted by Gasteiger charge is 2.31. The molecule has 12 heteroatoms. The fourth-order valence-electron chi connectivity index (χ4n) is 2.84. The summed E-state index contributed by atoms with van der Waals surface area (Å²) in [6.45, 7) is 3.87. The first-order valence-electron chi connectivity index (χ1n) is 8.82. The molecule has 0 atom stereocenters. The highest BCUT2D eigenvalue weighted by atomic mass is 19.4. The second-order valence-electron chi connectivity index (χ2n) is 6.26. The van der Waals surface area contributed by atoms with Crippen LogP contribution in [0.1, 0.15) is 5.56 Å². The molecule has 0 saturated carbocycles. The van der Waals surface area contributed by atoms with E-state index in [0.717, 1.165) is 31.5 Å². The highest BCUT2D eigenvalue weighted by molar-refractivity contribution is 5.73. The number of benzene rings is 1. The van der Waals surface area contributed by atoms with E-state index in [9.17, 15) is 23.3 Å². The van der Waals surface area contributed by atoms with Crippen LogP contribution in [0.15, 0.2) is 30.6 Å². The second-order valence-corrected chi connectivity index (χ2v) is 6.26. The number of alkyl halides is 3. The Labute approximate surface area is 164 Å². The Hall–Kier alpha value is -2.99. The lowest BCUT2D eigenvalue weighted by atomic mass is 10.2. The molecule has 156 valence electrons. The molecule has 2 N–H and O–H groups in total. The molecule has 0 aliphatic carbocycles. The van der Waals surface area contributed by atoms with Crippen LogP contribution >= 0.6 is 0 Å². The highest BCUT2D eigenvalue weighted by Crippen LogP contribution is 2.34. The van der Waals surface area contributed by atoms with Crippen LogP contribution < -0.4 is 10.6 Å². The second kappa shape index (κ2) is 9.01. The molecule has 0 bridgehead atoms. The number of halogens is 3. The molecular formula is C17H19F3N6O3. The zero-order valence-corrected chi connectivity index (χ0v) is 15.3. The number of ether oxygens (including phenoxy) is 1. The van der Waals surface area contributed by atoms with Crippen molar-refractivity contribution in [2.75, 3.05) is 50.0 Å². The van der Waals surface area contributed by atoms with Crippen molar-refractivity contribution in [1.29, 1.82) is 0 Å². The third-order valence-electron chi connectivity index (χ3n) is 4.28. The minimum Gasteiger partial charge on any atom is -0.379 e. The lowest BCUT2D eigenvalue weighted by molar-refractivity contribution is -0.383. The van der Waals surface area contributed by atoms with Gasteiger partial charge in [0.05, 0.1) is 23.7 Å². The summed E-state index contributed by atoms with van der Waals surface area (Å²) in [4.78, 5) is 20.8. The van der Waals surface area contributed by atoms with E-state index >= 15 is 0 Å². The number of anilines is 3. The summed E-state index contributed by atoms with van der Waals surface area (Å²) in [5, 5.41) is 17.1. The van der Waals surface area contributed by atoms with Crippen LogP contribution in [0.2, 0.25) is 0 Å². The van der Waals surface area contributed by atoms with Gasteiger partial charge >= 0.3 is 11.9 Å². The van der Waals surface area contributed by atoms with Crippen LogP contribution in [0, 0.1) is 10.1 Å². The van der Waals surface area contributed by atoms with Gasteiger partial charge in [-0.1, -0.05) is 6.07 Å². The Balaban J connectivity index is 1.75. The van der Waals surface area contributed by atoms with Crippen LogP contribution in [-0.4, -0.2) is 59.2 Å². The van der Waals surface area contributed by atoms with Crippen LogP contribution in [0.5, 0.6) is 0 Å². The molecule has 9 nitrogen and oxygen atoms in total. The number of nitrogens with one attached hydrogen (secondary N) is 2. The van der Waals surface area contributed by atoms with Crippen LogP contribution in [0.25, 0.3) is 0 Å². The van der Waals surface area contributed by atoms with E-state index in [1.165, 1.54) is 12.1 Å². The minimum atomic E-state index is -4.53. The van der Waals surface area contributed by atoms with Gasteiger partial charge in [0.1, 0.15) is 6.33 Å². The van der Waals surface area contributed by atoms with E-state index in [0.29, 0.717) is 26.3 Å². The number of aromatic nitrogens is 2. The van der Waals surface area contributed by atoms with Crippen molar-refractivity contribution in [3.05, 3.63) is 46.3 Å². The number of rotatable bonds is 7. The van der Waals surface area contributed by atoms with E-state index in [1.54, 1.807) is 0 Å². The van der Waals surface area contributed by atoms with Gasteiger partial charge in [0.25, 0.3) is 0 Å². The molecule has 0 unspecified atom stereocenters. The first-order chi connectivity index (χ1) is 13.8. The van der Waals surface area contributed by atoms with E-state index < -0.39 is 22.4 Å². The van der Waals surface area contributed by atoms with Crippen LogP contribution in [-0.2, 0) is 10.9 Å². The largest absolute Gasteiger partial charge is 0.416 e. The summed E-state index contributed by atoms with van der Waals surface area (Å²) in [7, 11) is 0. The molecule has 3 rings (SSSR count). The van der Waals surface area contributed by atoms with Gasteiger partial charge in [-0.15, -0.1) is 0 Å². The number of hydrogen-bond donors (Lipinski definition) is 2. The predicted octanol–water partition coefficient (Wildman–Crippen LogP) is 2.89. The van der Waals surface area contributed by atoms with E-state index in [1.807, 2.05) is 0 Å². The van der Waals surface area contributed by atoms with Gasteiger partial charge in [-0.2, -0.15) is 13.2 Å². The van der Waals surface area contributed by atoms with Gasteiger partial charge < -0.3 is 15.4 Å². The lowest BCUT2D eigenvalue weighted by Gasteiger charge is -2.26. The average Bonchev–Trinajstić information content (AvgIpc) is 2.68. The van der Waals surface area contributed by atoms with Crippen LogP contribution in [0.3, 0.4) is 0 Å². The van der Waals surface area contributed by atoms with E-state index in [4.69, 9.17) is 4.74 Å². The van der Waals surface area contributed by atoms with Crippen molar-refractivity contribution in [3.63, 3.8) is 0 Å².